The molecule has 3 aliphatic rings. The summed E-state index contributed by atoms with van der Waals surface area (Å²) in [5.41, 5.74) is 2.12. The van der Waals surface area contributed by atoms with Crippen LogP contribution in [0.15, 0.2) is 48.5 Å². The number of para-hydroxylation sites is 1. The highest BCUT2D eigenvalue weighted by Gasteiger charge is 2.29. The number of ether oxygens (including phenoxy) is 1. The summed E-state index contributed by atoms with van der Waals surface area (Å²) in [6.45, 7) is 2.20. The van der Waals surface area contributed by atoms with E-state index in [1.54, 1.807) is 29.2 Å². The van der Waals surface area contributed by atoms with Crippen molar-refractivity contribution in [3.05, 3.63) is 59.7 Å². The van der Waals surface area contributed by atoms with Crippen molar-refractivity contribution >= 4 is 23.4 Å². The number of anilines is 1. The van der Waals surface area contributed by atoms with Crippen molar-refractivity contribution in [2.24, 2.45) is 5.92 Å². The third-order valence-corrected chi connectivity index (χ3v) is 7.73. The molecule has 7 nitrogen and oxygen atoms in total. The molecule has 2 aromatic carbocycles. The average molecular weight is 490 g/mol. The molecular formula is C29H35N3O4. The predicted octanol–water partition coefficient (Wildman–Crippen LogP) is 4.27. The number of hydrogen-bond donors (Lipinski definition) is 1. The van der Waals surface area contributed by atoms with E-state index in [4.69, 9.17) is 4.74 Å². The minimum atomic E-state index is -0.578. The standard InChI is InChI=1S/C29H35N3O4/c33-27(14-13-21-7-2-1-3-8-21)31-15-17-32(18-16-31)29(35)23-10-6-11-24(19-23)30-28(34)26-20-22-9-4-5-12-25(22)36-26/h4-6,9-12,19,21,26H,1-3,7-8,13-18,20H2,(H,30,34). The molecule has 3 amide bonds. The Bertz CT molecular complexity index is 1080. The summed E-state index contributed by atoms with van der Waals surface area (Å²) in [5.74, 6) is 1.36. The van der Waals surface area contributed by atoms with Crippen molar-refractivity contribution in [1.82, 2.24) is 9.80 Å². The number of hydrogen-bond acceptors (Lipinski definition) is 4. The minimum absolute atomic E-state index is 0.0788. The van der Waals surface area contributed by atoms with Crippen LogP contribution in [0.25, 0.3) is 0 Å². The Morgan fingerprint density at radius 3 is 2.42 bits per heavy atom. The molecule has 2 aromatic rings. The van der Waals surface area contributed by atoms with Crippen LogP contribution in [-0.4, -0.2) is 59.8 Å². The third-order valence-electron chi connectivity index (χ3n) is 7.73. The topological polar surface area (TPSA) is 79.0 Å². The molecule has 2 aliphatic heterocycles. The minimum Gasteiger partial charge on any atom is -0.480 e. The molecule has 0 bridgehead atoms. The van der Waals surface area contributed by atoms with Gasteiger partial charge in [0.05, 0.1) is 0 Å². The van der Waals surface area contributed by atoms with Gasteiger partial charge < -0.3 is 19.9 Å². The average Bonchev–Trinajstić information content (AvgIpc) is 3.37. The van der Waals surface area contributed by atoms with Crippen molar-refractivity contribution in [1.29, 1.82) is 0 Å². The number of carbonyl (C=O) groups excluding carboxylic acids is 3. The van der Waals surface area contributed by atoms with Gasteiger partial charge in [0.1, 0.15) is 5.75 Å². The van der Waals surface area contributed by atoms with Crippen LogP contribution >= 0.6 is 0 Å². The zero-order chi connectivity index (χ0) is 24.9. The van der Waals surface area contributed by atoms with E-state index in [1.165, 1.54) is 32.1 Å². The first-order valence-electron chi connectivity index (χ1n) is 13.3. The second kappa shape index (κ2) is 11.1. The summed E-state index contributed by atoms with van der Waals surface area (Å²) >= 11 is 0. The number of fused-ring (bicyclic) bond motifs is 1. The smallest absolute Gasteiger partial charge is 0.265 e. The maximum atomic E-state index is 13.1. The molecule has 0 spiro atoms. The molecule has 1 saturated heterocycles. The first kappa shape index (κ1) is 24.3. The van der Waals surface area contributed by atoms with Gasteiger partial charge in [0.2, 0.25) is 5.91 Å². The lowest BCUT2D eigenvalue weighted by Gasteiger charge is -2.35. The summed E-state index contributed by atoms with van der Waals surface area (Å²) in [7, 11) is 0. The zero-order valence-corrected chi connectivity index (χ0v) is 20.8. The van der Waals surface area contributed by atoms with E-state index in [0.717, 1.165) is 17.7 Å². The van der Waals surface area contributed by atoms with E-state index in [-0.39, 0.29) is 17.7 Å². The fourth-order valence-corrected chi connectivity index (χ4v) is 5.58. The number of nitrogens with one attached hydrogen (secondary N) is 1. The van der Waals surface area contributed by atoms with Crippen LogP contribution in [0.3, 0.4) is 0 Å². The molecule has 1 aliphatic carbocycles. The molecule has 1 saturated carbocycles. The van der Waals surface area contributed by atoms with Gasteiger partial charge in [-0.1, -0.05) is 56.4 Å². The highest BCUT2D eigenvalue weighted by Crippen LogP contribution is 2.29. The lowest BCUT2D eigenvalue weighted by atomic mass is 9.86. The second-order valence-electron chi connectivity index (χ2n) is 10.2. The fourth-order valence-electron chi connectivity index (χ4n) is 5.58. The van der Waals surface area contributed by atoms with Crippen molar-refractivity contribution in [2.45, 2.75) is 57.5 Å². The van der Waals surface area contributed by atoms with Crippen LogP contribution in [0.2, 0.25) is 0 Å². The molecule has 190 valence electrons. The first-order chi connectivity index (χ1) is 17.6. The normalized spacial score (nSPS) is 19.9. The Morgan fingerprint density at radius 2 is 1.64 bits per heavy atom. The van der Waals surface area contributed by atoms with Crippen LogP contribution in [0.1, 0.15) is 60.9 Å². The summed E-state index contributed by atoms with van der Waals surface area (Å²) in [6, 6.07) is 14.7. The Kier molecular flexibility index (Phi) is 7.54. The highest BCUT2D eigenvalue weighted by molar-refractivity contribution is 5.98. The van der Waals surface area contributed by atoms with Gasteiger partial charge in [-0.15, -0.1) is 0 Å². The highest BCUT2D eigenvalue weighted by atomic mass is 16.5. The van der Waals surface area contributed by atoms with E-state index < -0.39 is 6.10 Å². The maximum Gasteiger partial charge on any atom is 0.265 e. The van der Waals surface area contributed by atoms with Gasteiger partial charge in [-0.2, -0.15) is 0 Å². The maximum absolute atomic E-state index is 13.1. The van der Waals surface area contributed by atoms with Gasteiger partial charge >= 0.3 is 0 Å². The number of amides is 3. The number of nitrogens with zero attached hydrogens (tertiary/aromatic N) is 2. The van der Waals surface area contributed by atoms with Crippen LogP contribution in [-0.2, 0) is 16.0 Å². The largest absolute Gasteiger partial charge is 0.480 e. The SMILES string of the molecule is O=C(Nc1cccc(C(=O)N2CCN(C(=O)CCC3CCCCC3)CC2)c1)C1Cc2ccccc2O1. The second-order valence-corrected chi connectivity index (χ2v) is 10.2. The fraction of sp³-hybridized carbons (Fsp3) is 0.483. The Morgan fingerprint density at radius 1 is 0.889 bits per heavy atom. The number of rotatable bonds is 6. The lowest BCUT2D eigenvalue weighted by Crippen LogP contribution is -2.50. The summed E-state index contributed by atoms with van der Waals surface area (Å²) in [4.78, 5) is 42.3. The molecule has 1 unspecified atom stereocenters. The van der Waals surface area contributed by atoms with Crippen LogP contribution in [0, 0.1) is 5.92 Å². The van der Waals surface area contributed by atoms with Crippen LogP contribution < -0.4 is 10.1 Å². The van der Waals surface area contributed by atoms with Gasteiger partial charge in [-0.25, -0.2) is 0 Å². The van der Waals surface area contributed by atoms with E-state index in [0.29, 0.717) is 56.2 Å². The Hall–Kier alpha value is -3.35. The van der Waals surface area contributed by atoms with Gasteiger partial charge in [-0.3, -0.25) is 14.4 Å². The quantitative estimate of drug-likeness (QED) is 0.657. The van der Waals surface area contributed by atoms with E-state index in [2.05, 4.69) is 5.32 Å². The van der Waals surface area contributed by atoms with Gasteiger partial charge in [0.15, 0.2) is 6.10 Å². The van der Waals surface area contributed by atoms with Crippen LogP contribution in [0.4, 0.5) is 5.69 Å². The molecule has 2 fully saturated rings. The first-order valence-corrected chi connectivity index (χ1v) is 13.3. The third kappa shape index (κ3) is 5.72. The zero-order valence-electron chi connectivity index (χ0n) is 20.8. The van der Waals surface area contributed by atoms with Crippen LogP contribution in [0.5, 0.6) is 5.75 Å². The van der Waals surface area contributed by atoms with Crippen molar-refractivity contribution in [3.63, 3.8) is 0 Å². The van der Waals surface area contributed by atoms with Gasteiger partial charge in [0, 0.05) is 50.3 Å². The number of piperazine rings is 1. The summed E-state index contributed by atoms with van der Waals surface area (Å²) in [6.07, 6.45) is 8.02. The van der Waals surface area contributed by atoms with Crippen molar-refractivity contribution in [3.8, 4) is 5.75 Å². The molecular weight excluding hydrogens is 454 g/mol. The monoisotopic (exact) mass is 489 g/mol. The van der Waals surface area contributed by atoms with E-state index >= 15 is 0 Å². The molecule has 2 heterocycles. The van der Waals surface area contributed by atoms with E-state index in [9.17, 15) is 14.4 Å². The summed E-state index contributed by atoms with van der Waals surface area (Å²) < 4.78 is 5.78. The number of carbonyl (C=O) groups is 3. The molecule has 0 aromatic heterocycles. The Balaban J connectivity index is 1.10. The molecule has 0 radical (unpaired) electrons. The lowest BCUT2D eigenvalue weighted by molar-refractivity contribution is -0.133. The molecule has 5 rings (SSSR count). The van der Waals surface area contributed by atoms with Gasteiger partial charge in [-0.05, 0) is 42.2 Å². The van der Waals surface area contributed by atoms with E-state index in [1.807, 2.05) is 29.2 Å². The summed E-state index contributed by atoms with van der Waals surface area (Å²) in [5, 5.41) is 2.89. The predicted molar refractivity (Wildman–Crippen MR) is 138 cm³/mol. The van der Waals surface area contributed by atoms with Gasteiger partial charge in [0.25, 0.3) is 11.8 Å². The van der Waals surface area contributed by atoms with Crippen molar-refractivity contribution < 1.29 is 19.1 Å². The molecule has 36 heavy (non-hydrogen) atoms. The molecule has 1 N–H and O–H groups in total. The Labute approximate surface area is 212 Å². The molecule has 7 heteroatoms. The van der Waals surface area contributed by atoms with Crippen molar-refractivity contribution in [2.75, 3.05) is 31.5 Å². The molecule has 1 atom stereocenters. The number of benzene rings is 2.